The van der Waals surface area contributed by atoms with E-state index >= 15 is 0 Å². The first-order valence-corrected chi connectivity index (χ1v) is 8.55. The van der Waals surface area contributed by atoms with Crippen LogP contribution in [-0.4, -0.2) is 10.9 Å². The van der Waals surface area contributed by atoms with Crippen molar-refractivity contribution in [1.29, 1.82) is 0 Å². The van der Waals surface area contributed by atoms with Gasteiger partial charge in [0.05, 0.1) is 0 Å². The molecule has 3 heteroatoms. The third-order valence-corrected chi connectivity index (χ3v) is 4.20. The lowest BCUT2D eigenvalue weighted by molar-refractivity contribution is 0.103. The summed E-state index contributed by atoms with van der Waals surface area (Å²) in [4.78, 5) is 12.6. The van der Waals surface area contributed by atoms with Crippen molar-refractivity contribution < 1.29 is 14.6 Å². The van der Waals surface area contributed by atoms with Crippen LogP contribution in [0.25, 0.3) is 0 Å². The van der Waals surface area contributed by atoms with E-state index in [-0.39, 0.29) is 16.9 Å². The Morgan fingerprint density at radius 1 is 0.731 bits per heavy atom. The van der Waals surface area contributed by atoms with Gasteiger partial charge in [-0.25, -0.2) is 0 Å². The molecule has 132 valence electrons. The predicted octanol–water partition coefficient (Wildman–Crippen LogP) is 5.71. The first-order chi connectivity index (χ1) is 12.3. The van der Waals surface area contributed by atoms with Gasteiger partial charge in [0.1, 0.15) is 17.2 Å². The van der Waals surface area contributed by atoms with Crippen LogP contribution in [0.4, 0.5) is 0 Å². The zero-order valence-electron chi connectivity index (χ0n) is 15.2. The summed E-state index contributed by atoms with van der Waals surface area (Å²) in [5.74, 6) is 1.44. The van der Waals surface area contributed by atoms with Crippen molar-refractivity contribution >= 4 is 5.78 Å². The van der Waals surface area contributed by atoms with Crippen LogP contribution in [0.15, 0.2) is 72.8 Å². The molecule has 3 aromatic carbocycles. The number of hydrogen-bond acceptors (Lipinski definition) is 3. The predicted molar refractivity (Wildman–Crippen MR) is 103 cm³/mol. The first kappa shape index (κ1) is 17.7. The second kappa shape index (κ2) is 7.04. The molecule has 0 aromatic heterocycles. The molecule has 0 bridgehead atoms. The fourth-order valence-corrected chi connectivity index (χ4v) is 2.61. The molecule has 0 unspecified atom stereocenters. The maximum atomic E-state index is 12.6. The van der Waals surface area contributed by atoms with Crippen molar-refractivity contribution in [2.75, 3.05) is 0 Å². The molecule has 0 amide bonds. The number of phenolic OH excluding ortho intramolecular Hbond substituents is 1. The number of carbonyl (C=O) groups is 1. The molecule has 0 atom stereocenters. The highest BCUT2D eigenvalue weighted by Gasteiger charge is 2.15. The van der Waals surface area contributed by atoms with Gasteiger partial charge in [-0.2, -0.15) is 0 Å². The van der Waals surface area contributed by atoms with Crippen LogP contribution < -0.4 is 4.74 Å². The summed E-state index contributed by atoms with van der Waals surface area (Å²) in [6, 6.07) is 21.3. The Morgan fingerprint density at radius 3 is 1.62 bits per heavy atom. The van der Waals surface area contributed by atoms with E-state index in [9.17, 15) is 9.90 Å². The van der Waals surface area contributed by atoms with Gasteiger partial charge in [0.25, 0.3) is 0 Å². The van der Waals surface area contributed by atoms with E-state index in [1.165, 1.54) is 5.56 Å². The molecule has 0 radical (unpaired) electrons. The van der Waals surface area contributed by atoms with Crippen LogP contribution in [-0.2, 0) is 5.41 Å². The van der Waals surface area contributed by atoms with Gasteiger partial charge >= 0.3 is 0 Å². The van der Waals surface area contributed by atoms with E-state index in [2.05, 4.69) is 20.8 Å². The molecule has 1 N–H and O–H groups in total. The molecular weight excluding hydrogens is 324 g/mol. The van der Waals surface area contributed by atoms with Crippen molar-refractivity contribution in [1.82, 2.24) is 0 Å². The summed E-state index contributed by atoms with van der Waals surface area (Å²) in [5, 5.41) is 9.30. The third kappa shape index (κ3) is 4.12. The van der Waals surface area contributed by atoms with E-state index in [0.29, 0.717) is 22.6 Å². The summed E-state index contributed by atoms with van der Waals surface area (Å²) in [5.41, 5.74) is 2.55. The smallest absolute Gasteiger partial charge is 0.193 e. The minimum absolute atomic E-state index is 0.0124. The highest BCUT2D eigenvalue weighted by Crippen LogP contribution is 2.25. The Hall–Kier alpha value is -3.07. The van der Waals surface area contributed by atoms with E-state index in [1.54, 1.807) is 48.5 Å². The first-order valence-electron chi connectivity index (χ1n) is 8.55. The van der Waals surface area contributed by atoms with Gasteiger partial charge in [0.2, 0.25) is 0 Å². The molecule has 26 heavy (non-hydrogen) atoms. The lowest BCUT2D eigenvalue weighted by Gasteiger charge is -2.19. The monoisotopic (exact) mass is 346 g/mol. The van der Waals surface area contributed by atoms with Crippen LogP contribution in [0.1, 0.15) is 42.3 Å². The van der Waals surface area contributed by atoms with E-state index in [4.69, 9.17) is 4.74 Å². The maximum Gasteiger partial charge on any atom is 0.193 e. The lowest BCUT2D eigenvalue weighted by Crippen LogP contribution is -2.11. The SMILES string of the molecule is CC(C)(C)c1ccc(C(=O)c2ccc(Oc3ccc(O)cc3)cc2)cc1. The van der Waals surface area contributed by atoms with Crippen LogP contribution in [0.2, 0.25) is 0 Å². The topological polar surface area (TPSA) is 46.5 Å². The van der Waals surface area contributed by atoms with Gasteiger partial charge in [0.15, 0.2) is 5.78 Å². The normalized spacial score (nSPS) is 11.2. The van der Waals surface area contributed by atoms with Gasteiger partial charge < -0.3 is 9.84 Å². The molecule has 3 rings (SSSR count). The lowest BCUT2D eigenvalue weighted by atomic mass is 9.86. The van der Waals surface area contributed by atoms with Crippen molar-refractivity contribution in [3.05, 3.63) is 89.5 Å². The average Bonchev–Trinajstić information content (AvgIpc) is 2.63. The highest BCUT2D eigenvalue weighted by molar-refractivity contribution is 6.09. The van der Waals surface area contributed by atoms with Crippen molar-refractivity contribution in [3.63, 3.8) is 0 Å². The van der Waals surface area contributed by atoms with Crippen LogP contribution >= 0.6 is 0 Å². The molecule has 0 aliphatic heterocycles. The molecule has 3 aromatic rings. The maximum absolute atomic E-state index is 12.6. The van der Waals surface area contributed by atoms with Crippen molar-refractivity contribution in [2.45, 2.75) is 26.2 Å². The second-order valence-corrected chi connectivity index (χ2v) is 7.28. The van der Waals surface area contributed by atoms with Gasteiger partial charge in [-0.05, 0) is 59.5 Å². The molecule has 0 aliphatic rings. The van der Waals surface area contributed by atoms with Gasteiger partial charge in [-0.1, -0.05) is 45.0 Å². The number of benzene rings is 3. The van der Waals surface area contributed by atoms with Crippen LogP contribution in [0.3, 0.4) is 0 Å². The molecule has 0 aliphatic carbocycles. The molecule has 0 saturated heterocycles. The van der Waals surface area contributed by atoms with Crippen molar-refractivity contribution in [2.24, 2.45) is 0 Å². The van der Waals surface area contributed by atoms with Gasteiger partial charge in [-0.15, -0.1) is 0 Å². The molecular formula is C23H22O3. The van der Waals surface area contributed by atoms with E-state index in [1.807, 2.05) is 24.3 Å². The van der Waals surface area contributed by atoms with Gasteiger partial charge in [-0.3, -0.25) is 4.79 Å². The van der Waals surface area contributed by atoms with Gasteiger partial charge in [0, 0.05) is 11.1 Å². The summed E-state index contributed by atoms with van der Waals surface area (Å²) in [6.45, 7) is 6.45. The molecule has 3 nitrogen and oxygen atoms in total. The molecule has 0 heterocycles. The average molecular weight is 346 g/mol. The highest BCUT2D eigenvalue weighted by atomic mass is 16.5. The molecule has 0 spiro atoms. The van der Waals surface area contributed by atoms with Crippen molar-refractivity contribution in [3.8, 4) is 17.2 Å². The largest absolute Gasteiger partial charge is 0.508 e. The van der Waals surface area contributed by atoms with E-state index < -0.39 is 0 Å². The second-order valence-electron chi connectivity index (χ2n) is 7.28. The van der Waals surface area contributed by atoms with Crippen LogP contribution in [0, 0.1) is 0 Å². The fourth-order valence-electron chi connectivity index (χ4n) is 2.61. The number of rotatable bonds is 4. The minimum atomic E-state index is -0.0124. The number of carbonyl (C=O) groups excluding carboxylic acids is 1. The zero-order valence-corrected chi connectivity index (χ0v) is 15.2. The number of aromatic hydroxyl groups is 1. The summed E-state index contributed by atoms with van der Waals surface area (Å²) in [7, 11) is 0. The number of hydrogen-bond donors (Lipinski definition) is 1. The summed E-state index contributed by atoms with van der Waals surface area (Å²) < 4.78 is 5.70. The Kier molecular flexibility index (Phi) is 4.81. The summed E-state index contributed by atoms with van der Waals surface area (Å²) in [6.07, 6.45) is 0. The molecule has 0 saturated carbocycles. The summed E-state index contributed by atoms with van der Waals surface area (Å²) >= 11 is 0. The minimum Gasteiger partial charge on any atom is -0.508 e. The Morgan fingerprint density at radius 2 is 1.15 bits per heavy atom. The Labute approximate surface area is 153 Å². The third-order valence-electron chi connectivity index (χ3n) is 4.20. The van der Waals surface area contributed by atoms with Crippen LogP contribution in [0.5, 0.6) is 17.2 Å². The fraction of sp³-hybridized carbons (Fsp3) is 0.174. The standard InChI is InChI=1S/C23H22O3/c1-23(2,3)18-8-4-16(5-9-18)22(25)17-6-12-20(13-7-17)26-21-14-10-19(24)11-15-21/h4-15,24H,1-3H3. The quantitative estimate of drug-likeness (QED) is 0.615. The zero-order chi connectivity index (χ0) is 18.7. The van der Waals surface area contributed by atoms with E-state index in [0.717, 1.165) is 0 Å². The number of ether oxygens (including phenoxy) is 1. The molecule has 0 fully saturated rings. The number of phenols is 1. The Bertz CT molecular complexity index is 884. The number of ketones is 1. The Balaban J connectivity index is 1.73.